The van der Waals surface area contributed by atoms with Crippen molar-refractivity contribution in [2.75, 3.05) is 18.0 Å². The van der Waals surface area contributed by atoms with Crippen molar-refractivity contribution in [1.29, 1.82) is 0 Å². The molecule has 3 nitrogen and oxygen atoms in total. The van der Waals surface area contributed by atoms with Crippen LogP contribution >= 0.6 is 0 Å². The molecule has 0 amide bonds. The van der Waals surface area contributed by atoms with Gasteiger partial charge in [-0.3, -0.25) is 0 Å². The van der Waals surface area contributed by atoms with E-state index in [0.717, 1.165) is 38.0 Å². The summed E-state index contributed by atoms with van der Waals surface area (Å²) in [6, 6.07) is 4.26. The van der Waals surface area contributed by atoms with Crippen molar-refractivity contribution in [2.24, 2.45) is 5.92 Å². The van der Waals surface area contributed by atoms with Crippen LogP contribution in [0.3, 0.4) is 0 Å². The Morgan fingerprint density at radius 3 is 2.39 bits per heavy atom. The van der Waals surface area contributed by atoms with Crippen molar-refractivity contribution in [2.45, 2.75) is 39.0 Å². The zero-order valence-electron chi connectivity index (χ0n) is 11.5. The van der Waals surface area contributed by atoms with E-state index in [1.165, 1.54) is 5.56 Å². The fraction of sp³-hybridized carbons (Fsp3) is 0.600. The Kier molecular flexibility index (Phi) is 3.69. The molecule has 1 aliphatic heterocycles. The fourth-order valence-electron chi connectivity index (χ4n) is 2.28. The first-order valence-corrected chi connectivity index (χ1v) is 6.67. The second-order valence-corrected chi connectivity index (χ2v) is 6.12. The summed E-state index contributed by atoms with van der Waals surface area (Å²) < 4.78 is 0. The van der Waals surface area contributed by atoms with Gasteiger partial charge in [-0.25, -0.2) is 4.98 Å². The highest BCUT2D eigenvalue weighted by Gasteiger charge is 2.20. The van der Waals surface area contributed by atoms with Gasteiger partial charge in [-0.15, -0.1) is 0 Å². The average molecular weight is 246 g/mol. The van der Waals surface area contributed by atoms with Crippen LogP contribution in [-0.4, -0.2) is 24.4 Å². The molecule has 0 radical (unpaired) electrons. The number of nitrogens with zero attached hydrogens (tertiary/aromatic N) is 2. The number of aldehydes is 1. The van der Waals surface area contributed by atoms with E-state index in [-0.39, 0.29) is 11.3 Å². The van der Waals surface area contributed by atoms with E-state index in [1.807, 2.05) is 6.20 Å². The zero-order valence-corrected chi connectivity index (χ0v) is 11.5. The summed E-state index contributed by atoms with van der Waals surface area (Å²) in [6.45, 7) is 8.45. The van der Waals surface area contributed by atoms with Crippen molar-refractivity contribution in [3.8, 4) is 0 Å². The molecule has 0 atom stereocenters. The summed E-state index contributed by atoms with van der Waals surface area (Å²) in [5, 5.41) is 0. The highest BCUT2D eigenvalue weighted by molar-refractivity contribution is 5.54. The molecule has 1 aromatic heterocycles. The summed E-state index contributed by atoms with van der Waals surface area (Å²) in [4.78, 5) is 17.6. The molecule has 1 fully saturated rings. The molecule has 0 spiro atoms. The minimum absolute atomic E-state index is 0.149. The van der Waals surface area contributed by atoms with Crippen molar-refractivity contribution < 1.29 is 4.79 Å². The van der Waals surface area contributed by atoms with Gasteiger partial charge in [0.1, 0.15) is 12.1 Å². The number of carbonyl (C=O) groups is 1. The Hall–Kier alpha value is -1.38. The van der Waals surface area contributed by atoms with Gasteiger partial charge in [0.15, 0.2) is 0 Å². The van der Waals surface area contributed by atoms with E-state index in [1.54, 1.807) is 0 Å². The van der Waals surface area contributed by atoms with Gasteiger partial charge in [0.2, 0.25) is 0 Å². The molecule has 0 N–H and O–H groups in total. The molecule has 0 saturated carbocycles. The second-order valence-electron chi connectivity index (χ2n) is 6.12. The second kappa shape index (κ2) is 5.09. The SMILES string of the molecule is CC(C)(C)c1ccc(N2CCC(C=O)CC2)nc1. The maximum atomic E-state index is 10.7. The largest absolute Gasteiger partial charge is 0.357 e. The molecule has 18 heavy (non-hydrogen) atoms. The lowest BCUT2D eigenvalue weighted by Crippen LogP contribution is -2.34. The van der Waals surface area contributed by atoms with E-state index >= 15 is 0 Å². The van der Waals surface area contributed by atoms with Gasteiger partial charge in [0, 0.05) is 25.2 Å². The van der Waals surface area contributed by atoms with Gasteiger partial charge in [-0.05, 0) is 29.9 Å². The summed E-state index contributed by atoms with van der Waals surface area (Å²) in [7, 11) is 0. The Morgan fingerprint density at radius 2 is 1.94 bits per heavy atom. The molecule has 2 rings (SSSR count). The first kappa shape index (κ1) is 13.1. The minimum atomic E-state index is 0.149. The lowest BCUT2D eigenvalue weighted by atomic mass is 9.88. The van der Waals surface area contributed by atoms with E-state index in [4.69, 9.17) is 0 Å². The summed E-state index contributed by atoms with van der Waals surface area (Å²) in [5.41, 5.74) is 1.41. The van der Waals surface area contributed by atoms with Crippen molar-refractivity contribution in [3.63, 3.8) is 0 Å². The number of hydrogen-bond acceptors (Lipinski definition) is 3. The number of hydrogen-bond donors (Lipinski definition) is 0. The maximum absolute atomic E-state index is 10.7. The molecule has 1 saturated heterocycles. The third-order valence-electron chi connectivity index (χ3n) is 3.67. The van der Waals surface area contributed by atoms with E-state index in [0.29, 0.717) is 0 Å². The van der Waals surface area contributed by atoms with Crippen LogP contribution in [0, 0.1) is 5.92 Å². The predicted octanol–water partition coefficient (Wildman–Crippen LogP) is 2.79. The van der Waals surface area contributed by atoms with E-state index in [2.05, 4.69) is 42.8 Å². The van der Waals surface area contributed by atoms with Gasteiger partial charge < -0.3 is 9.69 Å². The Morgan fingerprint density at radius 1 is 1.28 bits per heavy atom. The van der Waals surface area contributed by atoms with E-state index in [9.17, 15) is 4.79 Å². The first-order valence-electron chi connectivity index (χ1n) is 6.67. The molecule has 2 heterocycles. The number of piperidine rings is 1. The van der Waals surface area contributed by atoms with Crippen molar-refractivity contribution in [1.82, 2.24) is 4.98 Å². The van der Waals surface area contributed by atoms with Gasteiger partial charge >= 0.3 is 0 Å². The quantitative estimate of drug-likeness (QED) is 0.752. The number of carbonyl (C=O) groups excluding carboxylic acids is 1. The lowest BCUT2D eigenvalue weighted by Gasteiger charge is -2.31. The average Bonchev–Trinajstić information content (AvgIpc) is 2.38. The highest BCUT2D eigenvalue weighted by atomic mass is 16.1. The van der Waals surface area contributed by atoms with Gasteiger partial charge in [-0.2, -0.15) is 0 Å². The van der Waals surface area contributed by atoms with Crippen LogP contribution in [0.1, 0.15) is 39.2 Å². The number of anilines is 1. The number of aromatic nitrogens is 1. The first-order chi connectivity index (χ1) is 8.50. The normalized spacial score (nSPS) is 17.8. The highest BCUT2D eigenvalue weighted by Crippen LogP contribution is 2.25. The van der Waals surface area contributed by atoms with Crippen LogP contribution in [0.4, 0.5) is 5.82 Å². The Bertz CT molecular complexity index is 397. The van der Waals surface area contributed by atoms with Crippen LogP contribution < -0.4 is 4.90 Å². The Balaban J connectivity index is 2.05. The monoisotopic (exact) mass is 246 g/mol. The van der Waals surface area contributed by atoms with Gasteiger partial charge in [0.25, 0.3) is 0 Å². The number of rotatable bonds is 2. The minimum Gasteiger partial charge on any atom is -0.357 e. The zero-order chi connectivity index (χ0) is 13.2. The topological polar surface area (TPSA) is 33.2 Å². The third kappa shape index (κ3) is 2.89. The molecule has 98 valence electrons. The molecule has 0 unspecified atom stereocenters. The van der Waals surface area contributed by atoms with Crippen LogP contribution in [0.25, 0.3) is 0 Å². The van der Waals surface area contributed by atoms with Crippen LogP contribution in [0.2, 0.25) is 0 Å². The smallest absolute Gasteiger partial charge is 0.128 e. The van der Waals surface area contributed by atoms with E-state index < -0.39 is 0 Å². The molecule has 1 aromatic rings. The van der Waals surface area contributed by atoms with Gasteiger partial charge in [0.05, 0.1) is 0 Å². The van der Waals surface area contributed by atoms with Gasteiger partial charge in [-0.1, -0.05) is 26.8 Å². The molecular formula is C15H22N2O. The summed E-state index contributed by atoms with van der Waals surface area (Å²) >= 11 is 0. The molecule has 0 aromatic carbocycles. The molecule has 3 heteroatoms. The Labute approximate surface area is 109 Å². The van der Waals surface area contributed by atoms with Crippen LogP contribution in [-0.2, 0) is 10.2 Å². The third-order valence-corrected chi connectivity index (χ3v) is 3.67. The summed E-state index contributed by atoms with van der Waals surface area (Å²) in [5.74, 6) is 1.28. The van der Waals surface area contributed by atoms with Crippen molar-refractivity contribution in [3.05, 3.63) is 23.9 Å². The molecule has 1 aliphatic rings. The predicted molar refractivity (Wildman–Crippen MR) is 73.9 cm³/mol. The van der Waals surface area contributed by atoms with Crippen molar-refractivity contribution >= 4 is 12.1 Å². The number of pyridine rings is 1. The molecular weight excluding hydrogens is 224 g/mol. The van der Waals surface area contributed by atoms with Crippen LogP contribution in [0.5, 0.6) is 0 Å². The van der Waals surface area contributed by atoms with Crippen LogP contribution in [0.15, 0.2) is 18.3 Å². The molecule has 0 aliphatic carbocycles. The molecule has 0 bridgehead atoms. The lowest BCUT2D eigenvalue weighted by molar-refractivity contribution is -0.111. The standard InChI is InChI=1S/C15H22N2O/c1-15(2,3)13-4-5-14(16-10-13)17-8-6-12(11-18)7-9-17/h4-5,10-12H,6-9H2,1-3H3. The summed E-state index contributed by atoms with van der Waals surface area (Å²) in [6.07, 6.45) is 4.97. The maximum Gasteiger partial charge on any atom is 0.128 e. The fourth-order valence-corrected chi connectivity index (χ4v) is 2.28.